The Morgan fingerprint density at radius 2 is 0.524 bits per heavy atom. The molecule has 0 aromatic rings. The molecule has 0 aliphatic heterocycles. The summed E-state index contributed by atoms with van der Waals surface area (Å²) in [5.74, 6) is 0.796. The van der Waals surface area contributed by atoms with Crippen molar-refractivity contribution in [3.05, 3.63) is 0 Å². The summed E-state index contributed by atoms with van der Waals surface area (Å²) in [6, 6.07) is 0. The molecule has 0 N–H and O–H groups in total. The van der Waals surface area contributed by atoms with Gasteiger partial charge in [-0.1, -0.05) is 279 Å². The van der Waals surface area contributed by atoms with Gasteiger partial charge in [-0.15, -0.1) is 0 Å². The summed E-state index contributed by atoms with van der Waals surface area (Å²) in [5, 5.41) is 0. The number of rotatable bonds is 51. The highest BCUT2D eigenvalue weighted by molar-refractivity contribution is 5.71. The second-order valence-corrected chi connectivity index (χ2v) is 20.5. The minimum Gasteiger partial charge on any atom is -0.462 e. The second-order valence-electron chi connectivity index (χ2n) is 20.5. The minimum atomic E-state index is -0.762. The fourth-order valence-electron chi connectivity index (χ4n) is 8.70. The zero-order chi connectivity index (χ0) is 46.1. The molecule has 0 radical (unpaired) electrons. The summed E-state index contributed by atoms with van der Waals surface area (Å²) in [6.45, 7) is 11.4. The van der Waals surface area contributed by atoms with E-state index in [1.54, 1.807) is 0 Å². The third-order valence-corrected chi connectivity index (χ3v) is 13.0. The van der Waals surface area contributed by atoms with E-state index in [1.165, 1.54) is 205 Å². The average Bonchev–Trinajstić information content (AvgIpc) is 3.25. The smallest absolute Gasteiger partial charge is 0.306 e. The normalized spacial score (nSPS) is 12.0. The van der Waals surface area contributed by atoms with Crippen LogP contribution in [0, 0.1) is 11.8 Å². The van der Waals surface area contributed by atoms with Gasteiger partial charge >= 0.3 is 17.9 Å². The molecule has 0 saturated heterocycles. The van der Waals surface area contributed by atoms with Gasteiger partial charge < -0.3 is 14.2 Å². The lowest BCUT2D eigenvalue weighted by Crippen LogP contribution is -2.30. The largest absolute Gasteiger partial charge is 0.462 e. The van der Waals surface area contributed by atoms with Crippen molar-refractivity contribution < 1.29 is 28.6 Å². The van der Waals surface area contributed by atoms with Crippen molar-refractivity contribution in [2.24, 2.45) is 11.8 Å². The van der Waals surface area contributed by atoms with Crippen LogP contribution in [0.4, 0.5) is 0 Å². The molecule has 374 valence electrons. The lowest BCUT2D eigenvalue weighted by Gasteiger charge is -2.18. The lowest BCUT2D eigenvalue weighted by molar-refractivity contribution is -0.167. The third kappa shape index (κ3) is 51.3. The minimum absolute atomic E-state index is 0.0632. The maximum Gasteiger partial charge on any atom is 0.306 e. The van der Waals surface area contributed by atoms with Crippen molar-refractivity contribution in [3.8, 4) is 0 Å². The molecule has 6 nitrogen and oxygen atoms in total. The number of esters is 3. The van der Waals surface area contributed by atoms with Crippen molar-refractivity contribution in [2.45, 2.75) is 323 Å². The Hall–Kier alpha value is -1.59. The summed E-state index contributed by atoms with van der Waals surface area (Å²) >= 11 is 0. The monoisotopic (exact) mass is 891 g/mol. The molecule has 0 bridgehead atoms. The van der Waals surface area contributed by atoms with Gasteiger partial charge in [-0.05, 0) is 31.1 Å². The van der Waals surface area contributed by atoms with Gasteiger partial charge in [0.2, 0.25) is 0 Å². The molecular weight excluding hydrogens is 781 g/mol. The van der Waals surface area contributed by atoms with Crippen LogP contribution in [0.25, 0.3) is 0 Å². The van der Waals surface area contributed by atoms with E-state index in [0.717, 1.165) is 69.6 Å². The summed E-state index contributed by atoms with van der Waals surface area (Å²) in [7, 11) is 0. The SMILES string of the molecule is CCCCCCCCCCCCCCCCCCCC(=O)OC[C@H](COC(=O)CCCCCCCCCCC(C)C)OC(=O)CCCCCCCCCCCCCCCCC(C)C. The van der Waals surface area contributed by atoms with Gasteiger partial charge in [0.1, 0.15) is 13.2 Å². The van der Waals surface area contributed by atoms with Crippen LogP contribution in [0.3, 0.4) is 0 Å². The Bertz CT molecular complexity index is 962. The molecule has 0 rings (SSSR count). The summed E-state index contributed by atoms with van der Waals surface area (Å²) < 4.78 is 16.9. The fraction of sp³-hybridized carbons (Fsp3) is 0.947. The van der Waals surface area contributed by atoms with Crippen LogP contribution in [0.5, 0.6) is 0 Å². The molecule has 63 heavy (non-hydrogen) atoms. The second kappa shape index (κ2) is 49.8. The molecule has 0 aromatic heterocycles. The van der Waals surface area contributed by atoms with E-state index in [2.05, 4.69) is 34.6 Å². The first kappa shape index (κ1) is 61.4. The maximum atomic E-state index is 12.8. The van der Waals surface area contributed by atoms with Crippen LogP contribution in [-0.2, 0) is 28.6 Å². The topological polar surface area (TPSA) is 78.9 Å². The van der Waals surface area contributed by atoms with Crippen LogP contribution in [-0.4, -0.2) is 37.2 Å². The van der Waals surface area contributed by atoms with Crippen molar-refractivity contribution in [1.82, 2.24) is 0 Å². The Morgan fingerprint density at radius 3 is 0.778 bits per heavy atom. The van der Waals surface area contributed by atoms with Gasteiger partial charge in [-0.25, -0.2) is 0 Å². The van der Waals surface area contributed by atoms with Crippen molar-refractivity contribution in [3.63, 3.8) is 0 Å². The van der Waals surface area contributed by atoms with Gasteiger partial charge in [0.15, 0.2) is 6.10 Å². The predicted octanol–water partition coefficient (Wildman–Crippen LogP) is 18.5. The molecule has 0 aliphatic carbocycles. The van der Waals surface area contributed by atoms with Gasteiger partial charge in [0.25, 0.3) is 0 Å². The Morgan fingerprint density at radius 1 is 0.302 bits per heavy atom. The predicted molar refractivity (Wildman–Crippen MR) is 270 cm³/mol. The standard InChI is InChI=1S/C57H110O6/c1-6-7-8-9-10-11-12-13-14-15-16-20-23-26-32-37-42-47-55(58)61-50-54(51-62-56(59)48-43-38-33-29-28-31-36-41-46-53(4)5)63-57(60)49-44-39-34-27-24-21-18-17-19-22-25-30-35-40-45-52(2)3/h52-54H,6-51H2,1-5H3/t54-/m1/s1. The maximum absolute atomic E-state index is 12.8. The Kier molecular flexibility index (Phi) is 48.6. The highest BCUT2D eigenvalue weighted by Crippen LogP contribution is 2.18. The molecular formula is C57H110O6. The molecule has 0 fully saturated rings. The first-order valence-corrected chi connectivity index (χ1v) is 28.2. The van der Waals surface area contributed by atoms with Crippen molar-refractivity contribution >= 4 is 17.9 Å². The van der Waals surface area contributed by atoms with Crippen LogP contribution >= 0.6 is 0 Å². The first-order chi connectivity index (χ1) is 30.7. The van der Waals surface area contributed by atoms with Crippen LogP contribution < -0.4 is 0 Å². The lowest BCUT2D eigenvalue weighted by atomic mass is 10.0. The van der Waals surface area contributed by atoms with Gasteiger partial charge in [-0.2, -0.15) is 0 Å². The molecule has 6 heteroatoms. The van der Waals surface area contributed by atoms with E-state index < -0.39 is 6.10 Å². The zero-order valence-electron chi connectivity index (χ0n) is 43.2. The van der Waals surface area contributed by atoms with Gasteiger partial charge in [0, 0.05) is 19.3 Å². The van der Waals surface area contributed by atoms with E-state index in [1.807, 2.05) is 0 Å². The summed E-state index contributed by atoms with van der Waals surface area (Å²) in [6.07, 6.45) is 52.4. The molecule has 0 saturated carbocycles. The number of unbranched alkanes of at least 4 members (excludes halogenated alkanes) is 36. The van der Waals surface area contributed by atoms with E-state index in [9.17, 15) is 14.4 Å². The molecule has 0 aliphatic rings. The highest BCUT2D eigenvalue weighted by Gasteiger charge is 2.19. The third-order valence-electron chi connectivity index (χ3n) is 13.0. The van der Waals surface area contributed by atoms with Gasteiger partial charge in [-0.3, -0.25) is 14.4 Å². The molecule has 0 aromatic carbocycles. The molecule has 0 spiro atoms. The van der Waals surface area contributed by atoms with Crippen molar-refractivity contribution in [1.29, 1.82) is 0 Å². The number of carbonyl (C=O) groups is 3. The molecule has 0 amide bonds. The Labute approximate surface area is 393 Å². The Balaban J connectivity index is 4.27. The molecule has 0 unspecified atom stereocenters. The number of hydrogen-bond donors (Lipinski definition) is 0. The molecule has 1 atom stereocenters. The van der Waals surface area contributed by atoms with Crippen LogP contribution in [0.15, 0.2) is 0 Å². The van der Waals surface area contributed by atoms with Gasteiger partial charge in [0.05, 0.1) is 0 Å². The fourth-order valence-corrected chi connectivity index (χ4v) is 8.70. The van der Waals surface area contributed by atoms with E-state index in [4.69, 9.17) is 14.2 Å². The van der Waals surface area contributed by atoms with E-state index in [0.29, 0.717) is 19.3 Å². The summed E-state index contributed by atoms with van der Waals surface area (Å²) in [5.41, 5.74) is 0. The highest BCUT2D eigenvalue weighted by atomic mass is 16.6. The first-order valence-electron chi connectivity index (χ1n) is 28.2. The number of carbonyl (C=O) groups excluding carboxylic acids is 3. The van der Waals surface area contributed by atoms with E-state index >= 15 is 0 Å². The van der Waals surface area contributed by atoms with E-state index in [-0.39, 0.29) is 31.1 Å². The summed E-state index contributed by atoms with van der Waals surface area (Å²) in [4.78, 5) is 38.1. The quantitative estimate of drug-likeness (QED) is 0.0344. The number of ether oxygens (including phenoxy) is 3. The van der Waals surface area contributed by atoms with Crippen LogP contribution in [0.1, 0.15) is 317 Å². The van der Waals surface area contributed by atoms with Crippen molar-refractivity contribution in [2.75, 3.05) is 13.2 Å². The number of hydrogen-bond acceptors (Lipinski definition) is 6. The average molecular weight is 892 g/mol. The zero-order valence-corrected chi connectivity index (χ0v) is 43.2. The van der Waals surface area contributed by atoms with Crippen LogP contribution in [0.2, 0.25) is 0 Å². The molecule has 0 heterocycles.